The smallest absolute Gasteiger partial charge is 0.272 e. The highest BCUT2D eigenvalue weighted by Crippen LogP contribution is 2.43. The molecule has 1 atom stereocenters. The number of benzene rings is 2. The lowest BCUT2D eigenvalue weighted by atomic mass is 9.83. The zero-order valence-electron chi connectivity index (χ0n) is 22.7. The molecule has 2 aromatic carbocycles. The van der Waals surface area contributed by atoms with Gasteiger partial charge in [0.1, 0.15) is 5.69 Å². The molecule has 4 heterocycles. The SMILES string of the molecule is CCc1cc2c(cc3n2CC(C(=O)NC2CCCCC2)(c2ccccc2)N(Cc2ccc4c(c2)OCO4)C3=O)s1. The number of hydrogen-bond acceptors (Lipinski definition) is 5. The van der Waals surface area contributed by atoms with Crippen LogP contribution in [0.2, 0.25) is 0 Å². The zero-order chi connectivity index (χ0) is 27.3. The first kappa shape index (κ1) is 25.2. The van der Waals surface area contributed by atoms with Gasteiger partial charge in [-0.05, 0) is 54.7 Å². The van der Waals surface area contributed by atoms with Crippen LogP contribution >= 0.6 is 11.3 Å². The van der Waals surface area contributed by atoms with Crippen molar-refractivity contribution in [3.8, 4) is 11.5 Å². The van der Waals surface area contributed by atoms with Gasteiger partial charge >= 0.3 is 0 Å². The second-order valence-corrected chi connectivity index (χ2v) is 12.2. The van der Waals surface area contributed by atoms with Crippen molar-refractivity contribution in [3.63, 3.8) is 0 Å². The fourth-order valence-electron chi connectivity index (χ4n) is 6.51. The Balaban J connectivity index is 1.39. The fourth-order valence-corrected chi connectivity index (χ4v) is 7.55. The van der Waals surface area contributed by atoms with E-state index < -0.39 is 5.54 Å². The number of rotatable bonds is 6. The number of aromatic nitrogens is 1. The maximum absolute atomic E-state index is 14.7. The maximum atomic E-state index is 14.7. The highest BCUT2D eigenvalue weighted by Gasteiger charge is 2.53. The minimum atomic E-state index is -1.22. The molecule has 2 amide bonds. The Morgan fingerprint density at radius 3 is 2.62 bits per heavy atom. The summed E-state index contributed by atoms with van der Waals surface area (Å²) in [6.45, 7) is 2.95. The van der Waals surface area contributed by atoms with Crippen LogP contribution in [0.25, 0.3) is 10.2 Å². The molecule has 7 nitrogen and oxygen atoms in total. The van der Waals surface area contributed by atoms with Crippen molar-refractivity contribution < 1.29 is 19.1 Å². The van der Waals surface area contributed by atoms with Gasteiger partial charge in [-0.15, -0.1) is 11.3 Å². The predicted molar refractivity (Wildman–Crippen MR) is 155 cm³/mol. The van der Waals surface area contributed by atoms with Crippen LogP contribution in [0.4, 0.5) is 0 Å². The average Bonchev–Trinajstić information content (AvgIpc) is 3.70. The number of carbonyl (C=O) groups is 2. The van der Waals surface area contributed by atoms with E-state index in [4.69, 9.17) is 9.47 Å². The van der Waals surface area contributed by atoms with Crippen LogP contribution in [-0.2, 0) is 29.8 Å². The largest absolute Gasteiger partial charge is 0.454 e. The number of nitrogens with one attached hydrogen (secondary N) is 1. The highest BCUT2D eigenvalue weighted by molar-refractivity contribution is 7.19. The van der Waals surface area contributed by atoms with Gasteiger partial charge in [0.05, 0.1) is 16.8 Å². The van der Waals surface area contributed by atoms with Gasteiger partial charge in [0, 0.05) is 17.5 Å². The van der Waals surface area contributed by atoms with E-state index in [1.807, 2.05) is 54.6 Å². The Bertz CT molecular complexity index is 1590. The Labute approximate surface area is 237 Å². The molecule has 0 bridgehead atoms. The van der Waals surface area contributed by atoms with Crippen molar-refractivity contribution in [2.45, 2.75) is 70.1 Å². The Kier molecular flexibility index (Phi) is 6.30. The fraction of sp³-hybridized carbons (Fsp3) is 0.375. The van der Waals surface area contributed by atoms with E-state index in [0.717, 1.165) is 53.4 Å². The van der Waals surface area contributed by atoms with E-state index in [9.17, 15) is 9.59 Å². The molecule has 2 aromatic heterocycles. The van der Waals surface area contributed by atoms with Crippen molar-refractivity contribution in [1.29, 1.82) is 0 Å². The maximum Gasteiger partial charge on any atom is 0.272 e. The summed E-state index contributed by atoms with van der Waals surface area (Å²) in [5.41, 5.74) is 2.13. The Morgan fingerprint density at radius 2 is 1.82 bits per heavy atom. The monoisotopic (exact) mass is 555 g/mol. The van der Waals surface area contributed by atoms with Crippen molar-refractivity contribution in [2.24, 2.45) is 0 Å². The van der Waals surface area contributed by atoms with Crippen molar-refractivity contribution in [3.05, 3.63) is 82.4 Å². The number of amides is 2. The third-order valence-corrected chi connectivity index (χ3v) is 9.86. The van der Waals surface area contributed by atoms with Crippen molar-refractivity contribution in [1.82, 2.24) is 14.8 Å². The summed E-state index contributed by atoms with van der Waals surface area (Å²) in [4.78, 5) is 32.3. The molecule has 8 heteroatoms. The Hall–Kier alpha value is -3.78. The van der Waals surface area contributed by atoms with Crippen LogP contribution in [0.5, 0.6) is 11.5 Å². The van der Waals surface area contributed by atoms with Gasteiger partial charge in [0.15, 0.2) is 17.0 Å². The molecule has 40 heavy (non-hydrogen) atoms. The molecule has 206 valence electrons. The van der Waals surface area contributed by atoms with Gasteiger partial charge in [-0.3, -0.25) is 9.59 Å². The molecule has 0 radical (unpaired) electrons. The molecule has 0 spiro atoms. The lowest BCUT2D eigenvalue weighted by Crippen LogP contribution is -2.64. The van der Waals surface area contributed by atoms with Gasteiger partial charge in [-0.1, -0.05) is 62.6 Å². The third kappa shape index (κ3) is 4.08. The number of hydrogen-bond donors (Lipinski definition) is 1. The summed E-state index contributed by atoms with van der Waals surface area (Å²) in [5.74, 6) is 1.10. The van der Waals surface area contributed by atoms with E-state index in [1.165, 1.54) is 11.3 Å². The van der Waals surface area contributed by atoms with E-state index in [1.54, 1.807) is 16.2 Å². The molecular formula is C32H33N3O4S. The van der Waals surface area contributed by atoms with Crippen LogP contribution in [-0.4, -0.2) is 34.1 Å². The number of carbonyl (C=O) groups excluding carboxylic acids is 2. The number of thiophene rings is 1. The number of aryl methyl sites for hydroxylation is 1. The van der Waals surface area contributed by atoms with Gasteiger partial charge in [-0.25, -0.2) is 0 Å². The van der Waals surface area contributed by atoms with Crippen LogP contribution < -0.4 is 14.8 Å². The minimum Gasteiger partial charge on any atom is -0.454 e. The van der Waals surface area contributed by atoms with Crippen LogP contribution in [0.3, 0.4) is 0 Å². The molecule has 1 fully saturated rings. The van der Waals surface area contributed by atoms with E-state index in [2.05, 4.69) is 22.9 Å². The minimum absolute atomic E-state index is 0.113. The first-order chi connectivity index (χ1) is 19.6. The second-order valence-electron chi connectivity index (χ2n) is 11.0. The van der Waals surface area contributed by atoms with Crippen LogP contribution in [0.15, 0.2) is 60.7 Å². The van der Waals surface area contributed by atoms with Gasteiger partial charge in [0.2, 0.25) is 6.79 Å². The second kappa shape index (κ2) is 10.0. The number of fused-ring (bicyclic) bond motifs is 4. The van der Waals surface area contributed by atoms with Crippen LogP contribution in [0, 0.1) is 0 Å². The first-order valence-electron chi connectivity index (χ1n) is 14.3. The summed E-state index contributed by atoms with van der Waals surface area (Å²) < 4.78 is 14.3. The normalized spacial score (nSPS) is 20.6. The number of ether oxygens (including phenoxy) is 2. The third-order valence-electron chi connectivity index (χ3n) is 8.65. The summed E-state index contributed by atoms with van der Waals surface area (Å²) in [7, 11) is 0. The van der Waals surface area contributed by atoms with Gasteiger partial charge in [0.25, 0.3) is 11.8 Å². The number of nitrogens with zero attached hydrogens (tertiary/aromatic N) is 2. The molecule has 1 aliphatic carbocycles. The molecule has 1 N–H and O–H groups in total. The quantitative estimate of drug-likeness (QED) is 0.317. The first-order valence-corrected chi connectivity index (χ1v) is 15.1. The van der Waals surface area contributed by atoms with Gasteiger partial charge < -0.3 is 24.3 Å². The predicted octanol–water partition coefficient (Wildman–Crippen LogP) is 5.99. The standard InChI is InChI=1S/C32H33N3O4S/c1-2-24-16-25-29(40-24)17-26-30(36)35(18-21-13-14-27-28(15-21)39-20-38-27)32(19-34(25)26,22-9-5-3-6-10-22)31(37)33-23-11-7-4-8-12-23/h3,5-6,9-10,13-17,23H,2,4,7-8,11-12,18-20H2,1H3,(H,33,37). The van der Waals surface area contributed by atoms with Crippen molar-refractivity contribution >= 4 is 33.4 Å². The molecule has 2 aliphatic heterocycles. The lowest BCUT2D eigenvalue weighted by Gasteiger charge is -2.47. The van der Waals surface area contributed by atoms with E-state index in [-0.39, 0.29) is 31.2 Å². The molecule has 0 saturated heterocycles. The lowest BCUT2D eigenvalue weighted by molar-refractivity contribution is -0.136. The molecule has 1 unspecified atom stereocenters. The van der Waals surface area contributed by atoms with E-state index >= 15 is 0 Å². The summed E-state index contributed by atoms with van der Waals surface area (Å²) >= 11 is 1.72. The summed E-state index contributed by atoms with van der Waals surface area (Å²) in [6, 6.07) is 19.9. The van der Waals surface area contributed by atoms with Crippen molar-refractivity contribution in [2.75, 3.05) is 6.79 Å². The Morgan fingerprint density at radius 1 is 1.02 bits per heavy atom. The molecule has 3 aliphatic rings. The zero-order valence-corrected chi connectivity index (χ0v) is 23.5. The molecule has 1 saturated carbocycles. The molecule has 4 aromatic rings. The molecule has 7 rings (SSSR count). The summed E-state index contributed by atoms with van der Waals surface area (Å²) in [5, 5.41) is 3.41. The summed E-state index contributed by atoms with van der Waals surface area (Å²) in [6.07, 6.45) is 6.30. The van der Waals surface area contributed by atoms with Gasteiger partial charge in [-0.2, -0.15) is 0 Å². The van der Waals surface area contributed by atoms with E-state index in [0.29, 0.717) is 23.7 Å². The topological polar surface area (TPSA) is 72.8 Å². The highest BCUT2D eigenvalue weighted by atomic mass is 32.1. The molecular weight excluding hydrogens is 522 g/mol. The average molecular weight is 556 g/mol. The van der Waals surface area contributed by atoms with Crippen LogP contribution in [0.1, 0.15) is 65.5 Å².